The Morgan fingerprint density at radius 3 is 2.75 bits per heavy atom. The Bertz CT molecular complexity index is 414. The average molecular weight is 218 g/mol. The van der Waals surface area contributed by atoms with Gasteiger partial charge in [0.1, 0.15) is 0 Å². The number of hydrogen-bond acceptors (Lipinski definition) is 2. The summed E-state index contributed by atoms with van der Waals surface area (Å²) in [4.78, 5) is 13.9. The van der Waals surface area contributed by atoms with Crippen molar-refractivity contribution in [3.63, 3.8) is 0 Å². The van der Waals surface area contributed by atoms with E-state index in [-0.39, 0.29) is 11.9 Å². The second-order valence-electron chi connectivity index (χ2n) is 4.43. The molecule has 1 aromatic carbocycles. The van der Waals surface area contributed by atoms with Crippen LogP contribution in [0.25, 0.3) is 0 Å². The molecule has 1 aliphatic heterocycles. The van der Waals surface area contributed by atoms with Crippen molar-refractivity contribution in [1.29, 1.82) is 0 Å². The lowest BCUT2D eigenvalue weighted by molar-refractivity contribution is -0.121. The Morgan fingerprint density at radius 2 is 2.06 bits per heavy atom. The zero-order valence-electron chi connectivity index (χ0n) is 10.1. The molecule has 1 atom stereocenters. The van der Waals surface area contributed by atoms with E-state index in [0.717, 1.165) is 18.8 Å². The number of nitrogens with zero attached hydrogens (tertiary/aromatic N) is 1. The van der Waals surface area contributed by atoms with Gasteiger partial charge in [0.25, 0.3) is 0 Å². The van der Waals surface area contributed by atoms with Crippen LogP contribution >= 0.6 is 0 Å². The second-order valence-corrected chi connectivity index (χ2v) is 4.43. The van der Waals surface area contributed by atoms with Gasteiger partial charge in [-0.3, -0.25) is 4.79 Å². The summed E-state index contributed by atoms with van der Waals surface area (Å²) in [5, 5.41) is 3.17. The molecular formula is C13H18N2O. The molecule has 2 rings (SSSR count). The van der Waals surface area contributed by atoms with E-state index < -0.39 is 0 Å². The monoisotopic (exact) mass is 218 g/mol. The Labute approximate surface area is 96.5 Å². The third-order valence-electron chi connectivity index (χ3n) is 3.22. The van der Waals surface area contributed by atoms with E-state index in [0.29, 0.717) is 0 Å². The largest absolute Gasteiger partial charge is 0.310 e. The molecule has 3 heteroatoms. The number of anilines is 1. The summed E-state index contributed by atoms with van der Waals surface area (Å²) < 4.78 is 0. The van der Waals surface area contributed by atoms with E-state index in [1.54, 1.807) is 0 Å². The third kappa shape index (κ3) is 1.95. The van der Waals surface area contributed by atoms with Crippen molar-refractivity contribution < 1.29 is 4.79 Å². The highest BCUT2D eigenvalue weighted by atomic mass is 16.2. The fourth-order valence-corrected chi connectivity index (χ4v) is 1.97. The molecule has 0 radical (unpaired) electrons. The standard InChI is InChI=1S/C13H18N2O/c1-9-4-5-12(8-10(9)2)15-7-6-14-11(3)13(15)16/h4-5,8,11,14H,6-7H2,1-3H3. The van der Waals surface area contributed by atoms with E-state index in [1.165, 1.54) is 11.1 Å². The summed E-state index contributed by atoms with van der Waals surface area (Å²) in [7, 11) is 0. The van der Waals surface area contributed by atoms with Crippen molar-refractivity contribution in [1.82, 2.24) is 5.32 Å². The number of hydrogen-bond donors (Lipinski definition) is 1. The Balaban J connectivity index is 2.29. The van der Waals surface area contributed by atoms with Crippen LogP contribution in [0.1, 0.15) is 18.1 Å². The molecule has 0 saturated carbocycles. The number of carbonyl (C=O) groups is 1. The highest BCUT2D eigenvalue weighted by Gasteiger charge is 2.25. The number of nitrogens with one attached hydrogen (secondary N) is 1. The number of rotatable bonds is 1. The minimum Gasteiger partial charge on any atom is -0.310 e. The number of carbonyl (C=O) groups excluding carboxylic acids is 1. The average Bonchev–Trinajstić information content (AvgIpc) is 2.26. The van der Waals surface area contributed by atoms with Crippen LogP contribution in [0.5, 0.6) is 0 Å². The summed E-state index contributed by atoms with van der Waals surface area (Å²) in [5.74, 6) is 0.162. The molecule has 1 heterocycles. The Kier molecular flexibility index (Phi) is 2.97. The minimum atomic E-state index is -0.0737. The minimum absolute atomic E-state index is 0.0737. The molecule has 3 nitrogen and oxygen atoms in total. The molecule has 1 aliphatic rings. The Hall–Kier alpha value is -1.35. The first-order valence-corrected chi connectivity index (χ1v) is 5.71. The van der Waals surface area contributed by atoms with Gasteiger partial charge in [0, 0.05) is 18.8 Å². The highest BCUT2D eigenvalue weighted by molar-refractivity contribution is 5.97. The van der Waals surface area contributed by atoms with Gasteiger partial charge in [-0.25, -0.2) is 0 Å². The number of piperazine rings is 1. The maximum atomic E-state index is 12.0. The van der Waals surface area contributed by atoms with Crippen LogP contribution in [0, 0.1) is 13.8 Å². The molecule has 0 aromatic heterocycles. The summed E-state index contributed by atoms with van der Waals surface area (Å²) in [6, 6.07) is 6.11. The van der Waals surface area contributed by atoms with Gasteiger partial charge in [-0.1, -0.05) is 6.07 Å². The molecule has 0 spiro atoms. The zero-order valence-corrected chi connectivity index (χ0v) is 10.1. The first-order chi connectivity index (χ1) is 7.59. The predicted octanol–water partition coefficient (Wildman–Crippen LogP) is 1.63. The van der Waals surface area contributed by atoms with Gasteiger partial charge >= 0.3 is 0 Å². The summed E-state index contributed by atoms with van der Waals surface area (Å²) >= 11 is 0. The van der Waals surface area contributed by atoms with Gasteiger partial charge in [0.05, 0.1) is 6.04 Å². The van der Waals surface area contributed by atoms with Crippen LogP contribution in [0.15, 0.2) is 18.2 Å². The number of aryl methyl sites for hydroxylation is 2. The quantitative estimate of drug-likeness (QED) is 0.777. The first-order valence-electron chi connectivity index (χ1n) is 5.71. The summed E-state index contributed by atoms with van der Waals surface area (Å²) in [5.41, 5.74) is 3.51. The van der Waals surface area contributed by atoms with Gasteiger partial charge in [-0.05, 0) is 44.0 Å². The topological polar surface area (TPSA) is 32.3 Å². The smallest absolute Gasteiger partial charge is 0.243 e. The first kappa shape index (κ1) is 11.1. The molecule has 1 saturated heterocycles. The lowest BCUT2D eigenvalue weighted by Gasteiger charge is -2.31. The zero-order chi connectivity index (χ0) is 11.7. The fraction of sp³-hybridized carbons (Fsp3) is 0.462. The fourth-order valence-electron chi connectivity index (χ4n) is 1.97. The second kappa shape index (κ2) is 4.26. The van der Waals surface area contributed by atoms with Crippen LogP contribution in [0.4, 0.5) is 5.69 Å². The van der Waals surface area contributed by atoms with Crippen molar-refractivity contribution >= 4 is 11.6 Å². The molecule has 1 amide bonds. The molecule has 1 unspecified atom stereocenters. The van der Waals surface area contributed by atoms with E-state index in [1.807, 2.05) is 17.9 Å². The van der Waals surface area contributed by atoms with E-state index >= 15 is 0 Å². The van der Waals surface area contributed by atoms with E-state index in [4.69, 9.17) is 0 Å². The normalized spacial score (nSPS) is 21.3. The molecule has 0 aliphatic carbocycles. The van der Waals surface area contributed by atoms with Crippen LogP contribution in [-0.2, 0) is 4.79 Å². The van der Waals surface area contributed by atoms with Crippen LogP contribution in [-0.4, -0.2) is 25.0 Å². The lowest BCUT2D eigenvalue weighted by Crippen LogP contribution is -2.53. The third-order valence-corrected chi connectivity index (χ3v) is 3.22. The molecular weight excluding hydrogens is 200 g/mol. The maximum absolute atomic E-state index is 12.0. The van der Waals surface area contributed by atoms with Crippen molar-refractivity contribution in [2.24, 2.45) is 0 Å². The van der Waals surface area contributed by atoms with E-state index in [9.17, 15) is 4.79 Å². The van der Waals surface area contributed by atoms with Crippen molar-refractivity contribution in [2.75, 3.05) is 18.0 Å². The van der Waals surface area contributed by atoms with E-state index in [2.05, 4.69) is 31.3 Å². The maximum Gasteiger partial charge on any atom is 0.243 e. The number of amides is 1. The van der Waals surface area contributed by atoms with Gasteiger partial charge in [0.15, 0.2) is 0 Å². The predicted molar refractivity (Wildman–Crippen MR) is 65.7 cm³/mol. The lowest BCUT2D eigenvalue weighted by atomic mass is 10.1. The van der Waals surface area contributed by atoms with Crippen LogP contribution < -0.4 is 10.2 Å². The van der Waals surface area contributed by atoms with Gasteiger partial charge in [-0.15, -0.1) is 0 Å². The molecule has 16 heavy (non-hydrogen) atoms. The Morgan fingerprint density at radius 1 is 1.31 bits per heavy atom. The van der Waals surface area contributed by atoms with Crippen LogP contribution in [0.3, 0.4) is 0 Å². The molecule has 1 fully saturated rings. The van der Waals surface area contributed by atoms with Crippen molar-refractivity contribution in [3.8, 4) is 0 Å². The summed E-state index contributed by atoms with van der Waals surface area (Å²) in [6.07, 6.45) is 0. The van der Waals surface area contributed by atoms with Gasteiger partial charge < -0.3 is 10.2 Å². The molecule has 1 N–H and O–H groups in total. The van der Waals surface area contributed by atoms with Crippen LogP contribution in [0.2, 0.25) is 0 Å². The molecule has 86 valence electrons. The summed E-state index contributed by atoms with van der Waals surface area (Å²) in [6.45, 7) is 7.69. The van der Waals surface area contributed by atoms with Crippen molar-refractivity contribution in [3.05, 3.63) is 29.3 Å². The van der Waals surface area contributed by atoms with Crippen molar-refractivity contribution in [2.45, 2.75) is 26.8 Å². The number of benzene rings is 1. The molecule has 0 bridgehead atoms. The van der Waals surface area contributed by atoms with Gasteiger partial charge in [0.2, 0.25) is 5.91 Å². The highest BCUT2D eigenvalue weighted by Crippen LogP contribution is 2.20. The van der Waals surface area contributed by atoms with Gasteiger partial charge in [-0.2, -0.15) is 0 Å². The molecule has 1 aromatic rings. The SMILES string of the molecule is Cc1ccc(N2CCNC(C)C2=O)cc1C.